The number of halogens is 1. The first-order chi connectivity index (χ1) is 10.1. The zero-order chi connectivity index (χ0) is 15.0. The Labute approximate surface area is 127 Å². The van der Waals surface area contributed by atoms with Gasteiger partial charge < -0.3 is 9.84 Å². The summed E-state index contributed by atoms with van der Waals surface area (Å²) in [5.74, 6) is 0.578. The summed E-state index contributed by atoms with van der Waals surface area (Å²) < 4.78 is 5.66. The molecule has 0 aromatic heterocycles. The summed E-state index contributed by atoms with van der Waals surface area (Å²) in [6.07, 6.45) is -1.05. The summed E-state index contributed by atoms with van der Waals surface area (Å²) in [6.45, 7) is 0. The van der Waals surface area contributed by atoms with Gasteiger partial charge in [-0.25, -0.2) is 4.79 Å². The molecule has 2 aromatic carbocycles. The monoisotopic (exact) mass is 303 g/mol. The van der Waals surface area contributed by atoms with Crippen LogP contribution in [0.15, 0.2) is 42.5 Å². The molecule has 4 nitrogen and oxygen atoms in total. The van der Waals surface area contributed by atoms with Crippen molar-refractivity contribution in [1.82, 2.24) is 4.90 Å². The van der Waals surface area contributed by atoms with Crippen LogP contribution in [0, 0.1) is 0 Å². The van der Waals surface area contributed by atoms with Gasteiger partial charge in [-0.3, -0.25) is 4.90 Å². The van der Waals surface area contributed by atoms with E-state index in [1.54, 1.807) is 0 Å². The molecule has 5 heteroatoms. The SMILES string of the molecule is CN(C(=O)O)C1Cc2cc(-c3ccccc3)cc(Cl)c2O1. The molecule has 0 bridgehead atoms. The van der Waals surface area contributed by atoms with Crippen molar-refractivity contribution in [1.29, 1.82) is 0 Å². The number of nitrogens with zero attached hydrogens (tertiary/aromatic N) is 1. The second-order valence-electron chi connectivity index (χ2n) is 4.98. The van der Waals surface area contributed by atoms with Gasteiger partial charge in [-0.2, -0.15) is 0 Å². The van der Waals surface area contributed by atoms with E-state index < -0.39 is 12.3 Å². The quantitative estimate of drug-likeness (QED) is 0.916. The van der Waals surface area contributed by atoms with E-state index in [9.17, 15) is 4.79 Å². The van der Waals surface area contributed by atoms with Crippen LogP contribution in [0.4, 0.5) is 4.79 Å². The summed E-state index contributed by atoms with van der Waals surface area (Å²) in [6, 6.07) is 13.8. The minimum absolute atomic E-state index is 0.499. The first kappa shape index (κ1) is 13.8. The molecule has 1 heterocycles. The lowest BCUT2D eigenvalue weighted by molar-refractivity contribution is 0.0608. The number of carbonyl (C=O) groups is 1. The van der Waals surface area contributed by atoms with Crippen LogP contribution in [-0.4, -0.2) is 29.4 Å². The van der Waals surface area contributed by atoms with E-state index in [1.807, 2.05) is 42.5 Å². The Bertz CT molecular complexity index is 687. The van der Waals surface area contributed by atoms with Crippen LogP contribution >= 0.6 is 11.6 Å². The van der Waals surface area contributed by atoms with E-state index in [0.29, 0.717) is 17.2 Å². The molecule has 108 valence electrons. The van der Waals surface area contributed by atoms with Crippen LogP contribution in [0.3, 0.4) is 0 Å². The normalized spacial score (nSPS) is 16.2. The Kier molecular flexibility index (Phi) is 3.47. The number of rotatable bonds is 2. The highest BCUT2D eigenvalue weighted by atomic mass is 35.5. The minimum Gasteiger partial charge on any atom is -0.468 e. The van der Waals surface area contributed by atoms with Crippen LogP contribution in [0.1, 0.15) is 5.56 Å². The molecule has 0 fully saturated rings. The molecule has 1 aliphatic heterocycles. The van der Waals surface area contributed by atoms with Crippen molar-refractivity contribution in [2.24, 2.45) is 0 Å². The van der Waals surface area contributed by atoms with Gasteiger partial charge in [-0.05, 0) is 23.3 Å². The number of ether oxygens (including phenoxy) is 1. The smallest absolute Gasteiger partial charge is 0.409 e. The van der Waals surface area contributed by atoms with Gasteiger partial charge in [0.15, 0.2) is 6.23 Å². The van der Waals surface area contributed by atoms with E-state index in [1.165, 1.54) is 7.05 Å². The summed E-state index contributed by atoms with van der Waals surface area (Å²) in [7, 11) is 1.49. The van der Waals surface area contributed by atoms with Crippen LogP contribution < -0.4 is 4.74 Å². The molecule has 0 spiro atoms. The Morgan fingerprint density at radius 3 is 2.67 bits per heavy atom. The molecular weight excluding hydrogens is 290 g/mol. The maximum absolute atomic E-state index is 11.0. The predicted octanol–water partition coefficient (Wildman–Crippen LogP) is 3.88. The summed E-state index contributed by atoms with van der Waals surface area (Å²) in [5.41, 5.74) is 3.00. The predicted molar refractivity (Wildman–Crippen MR) is 80.8 cm³/mol. The number of amides is 1. The van der Waals surface area contributed by atoms with Crippen LogP contribution in [0.2, 0.25) is 5.02 Å². The van der Waals surface area contributed by atoms with E-state index in [4.69, 9.17) is 21.4 Å². The number of hydrogen-bond acceptors (Lipinski definition) is 2. The number of hydrogen-bond donors (Lipinski definition) is 1. The standard InChI is InChI=1S/C16H14ClNO3/c1-18(16(19)20)14-9-12-7-11(8-13(17)15(12)21-14)10-5-3-2-4-6-10/h2-8,14H,9H2,1H3,(H,19,20). The van der Waals surface area contributed by atoms with E-state index in [2.05, 4.69) is 0 Å². The van der Waals surface area contributed by atoms with Gasteiger partial charge in [0.05, 0.1) is 5.02 Å². The first-order valence-electron chi connectivity index (χ1n) is 6.56. The maximum Gasteiger partial charge on any atom is 0.409 e. The number of carboxylic acid groups (broad SMARTS) is 1. The minimum atomic E-state index is -1.02. The van der Waals surface area contributed by atoms with Crippen LogP contribution in [0.25, 0.3) is 11.1 Å². The molecule has 1 aliphatic rings. The largest absolute Gasteiger partial charge is 0.468 e. The van der Waals surface area contributed by atoms with E-state index in [0.717, 1.165) is 21.6 Å². The van der Waals surface area contributed by atoms with Gasteiger partial charge in [-0.15, -0.1) is 0 Å². The van der Waals surface area contributed by atoms with Crippen molar-refractivity contribution >= 4 is 17.7 Å². The molecule has 21 heavy (non-hydrogen) atoms. The Morgan fingerprint density at radius 1 is 1.29 bits per heavy atom. The Hall–Kier alpha value is -2.20. The van der Waals surface area contributed by atoms with Crippen molar-refractivity contribution in [3.05, 3.63) is 53.1 Å². The Balaban J connectivity index is 1.95. The average molecular weight is 304 g/mol. The third-order valence-corrected chi connectivity index (χ3v) is 3.89. The molecule has 3 rings (SSSR count). The molecule has 1 N–H and O–H groups in total. The lowest BCUT2D eigenvalue weighted by Gasteiger charge is -2.20. The van der Waals surface area contributed by atoms with Gasteiger partial charge in [0.2, 0.25) is 0 Å². The second kappa shape index (κ2) is 5.30. The van der Waals surface area contributed by atoms with E-state index in [-0.39, 0.29) is 0 Å². The molecule has 1 unspecified atom stereocenters. The third-order valence-electron chi connectivity index (χ3n) is 3.61. The van der Waals surface area contributed by atoms with Crippen molar-refractivity contribution in [2.45, 2.75) is 12.6 Å². The molecule has 1 atom stereocenters. The summed E-state index contributed by atoms with van der Waals surface area (Å²) in [4.78, 5) is 12.2. The zero-order valence-electron chi connectivity index (χ0n) is 11.4. The van der Waals surface area contributed by atoms with Crippen molar-refractivity contribution in [3.8, 4) is 16.9 Å². The van der Waals surface area contributed by atoms with Gasteiger partial charge in [0, 0.05) is 19.0 Å². The fourth-order valence-corrected chi connectivity index (χ4v) is 2.72. The average Bonchev–Trinajstić information content (AvgIpc) is 2.91. The highest BCUT2D eigenvalue weighted by Crippen LogP contribution is 2.40. The van der Waals surface area contributed by atoms with Gasteiger partial charge in [0.25, 0.3) is 0 Å². The Morgan fingerprint density at radius 2 is 2.00 bits per heavy atom. The van der Waals surface area contributed by atoms with Crippen molar-refractivity contribution in [3.63, 3.8) is 0 Å². The van der Waals surface area contributed by atoms with Crippen LogP contribution in [-0.2, 0) is 6.42 Å². The molecule has 2 aromatic rings. The first-order valence-corrected chi connectivity index (χ1v) is 6.94. The van der Waals surface area contributed by atoms with Crippen molar-refractivity contribution in [2.75, 3.05) is 7.05 Å². The number of likely N-dealkylation sites (N-methyl/N-ethyl adjacent to an activating group) is 1. The summed E-state index contributed by atoms with van der Waals surface area (Å²) >= 11 is 6.28. The maximum atomic E-state index is 11.0. The van der Waals surface area contributed by atoms with E-state index >= 15 is 0 Å². The van der Waals surface area contributed by atoms with Crippen molar-refractivity contribution < 1.29 is 14.6 Å². The fraction of sp³-hybridized carbons (Fsp3) is 0.188. The second-order valence-corrected chi connectivity index (χ2v) is 5.39. The number of fused-ring (bicyclic) bond motifs is 1. The topological polar surface area (TPSA) is 49.8 Å². The lowest BCUT2D eigenvalue weighted by atomic mass is 10.0. The highest BCUT2D eigenvalue weighted by molar-refractivity contribution is 6.32. The molecule has 0 aliphatic carbocycles. The lowest BCUT2D eigenvalue weighted by Crippen LogP contribution is -2.38. The van der Waals surface area contributed by atoms with Crippen LogP contribution in [0.5, 0.6) is 5.75 Å². The fourth-order valence-electron chi connectivity index (χ4n) is 2.44. The van der Waals surface area contributed by atoms with Gasteiger partial charge in [0.1, 0.15) is 5.75 Å². The third kappa shape index (κ3) is 2.54. The van der Waals surface area contributed by atoms with Gasteiger partial charge >= 0.3 is 6.09 Å². The van der Waals surface area contributed by atoms with Gasteiger partial charge in [-0.1, -0.05) is 41.9 Å². The summed E-state index contributed by atoms with van der Waals surface area (Å²) in [5, 5.41) is 9.54. The highest BCUT2D eigenvalue weighted by Gasteiger charge is 2.31. The molecule has 0 saturated carbocycles. The molecule has 0 saturated heterocycles. The molecule has 0 radical (unpaired) electrons. The molecular formula is C16H14ClNO3. The zero-order valence-corrected chi connectivity index (χ0v) is 12.2. The molecule has 1 amide bonds. The number of benzene rings is 2.